The molecule has 25 heavy (non-hydrogen) atoms. The Morgan fingerprint density at radius 3 is 2.72 bits per heavy atom. The fraction of sp³-hybridized carbons (Fsp3) is 0.176. The Kier molecular flexibility index (Phi) is 3.96. The van der Waals surface area contributed by atoms with E-state index in [0.29, 0.717) is 12.5 Å². The minimum atomic E-state index is 0.538. The van der Waals surface area contributed by atoms with E-state index in [-0.39, 0.29) is 0 Å². The second-order valence-corrected chi connectivity index (χ2v) is 6.53. The first-order valence-corrected chi connectivity index (χ1v) is 8.46. The van der Waals surface area contributed by atoms with E-state index in [0.717, 1.165) is 32.8 Å². The van der Waals surface area contributed by atoms with Gasteiger partial charge < -0.3 is 9.64 Å². The number of hydrogen-bond acceptors (Lipinski definition) is 6. The number of aryl methyl sites for hydroxylation is 1. The van der Waals surface area contributed by atoms with Crippen LogP contribution < -0.4 is 9.64 Å². The second-order valence-electron chi connectivity index (χ2n) is 5.61. The predicted molar refractivity (Wildman–Crippen MR) is 99.2 cm³/mol. The van der Waals surface area contributed by atoms with E-state index in [1.54, 1.807) is 11.8 Å². The van der Waals surface area contributed by atoms with Gasteiger partial charge in [-0.1, -0.05) is 15.9 Å². The van der Waals surface area contributed by atoms with E-state index >= 15 is 0 Å². The molecule has 126 valence electrons. The summed E-state index contributed by atoms with van der Waals surface area (Å²) < 4.78 is 8.18. The molecule has 0 aliphatic carbocycles. The Hall–Kier alpha value is -2.74. The van der Waals surface area contributed by atoms with E-state index in [4.69, 9.17) is 4.74 Å². The number of aromatic nitrogens is 4. The van der Waals surface area contributed by atoms with Crippen LogP contribution in [0.1, 0.15) is 11.4 Å². The zero-order valence-electron chi connectivity index (χ0n) is 13.7. The minimum Gasteiger partial charge on any atom is -0.497 e. The monoisotopic (exact) mass is 398 g/mol. The smallest absolute Gasteiger partial charge is 0.153 e. The Balaban J connectivity index is 1.84. The minimum absolute atomic E-state index is 0.538. The number of anilines is 2. The maximum atomic E-state index is 5.48. The summed E-state index contributed by atoms with van der Waals surface area (Å²) in [6.45, 7) is 2.40. The molecule has 0 bridgehead atoms. The first-order valence-electron chi connectivity index (χ1n) is 7.67. The van der Waals surface area contributed by atoms with Crippen LogP contribution in [0.5, 0.6) is 5.75 Å². The number of aliphatic imine (C=N–C) groups is 1. The fourth-order valence-corrected chi connectivity index (χ4v) is 3.21. The number of halogens is 1. The first-order chi connectivity index (χ1) is 12.2. The van der Waals surface area contributed by atoms with Crippen molar-refractivity contribution in [3.8, 4) is 11.4 Å². The lowest BCUT2D eigenvalue weighted by Crippen LogP contribution is -2.22. The fourth-order valence-electron chi connectivity index (χ4n) is 2.83. The number of hydrogen-bond donors (Lipinski definition) is 0. The number of tetrazole rings is 1. The van der Waals surface area contributed by atoms with Crippen molar-refractivity contribution in [3.05, 3.63) is 52.3 Å². The molecule has 0 atom stereocenters. The molecule has 0 fully saturated rings. The molecule has 1 aliphatic heterocycles. The Labute approximate surface area is 153 Å². The Bertz CT molecular complexity index is 968. The quantitative estimate of drug-likeness (QED) is 0.676. The van der Waals surface area contributed by atoms with Crippen LogP contribution in [-0.2, 0) is 0 Å². The highest BCUT2D eigenvalue weighted by molar-refractivity contribution is 9.10. The van der Waals surface area contributed by atoms with Gasteiger partial charge in [-0.15, -0.1) is 5.10 Å². The van der Waals surface area contributed by atoms with Crippen LogP contribution >= 0.6 is 15.9 Å². The topological polar surface area (TPSA) is 68.4 Å². The van der Waals surface area contributed by atoms with Crippen LogP contribution in [0.4, 0.5) is 11.4 Å². The summed E-state index contributed by atoms with van der Waals surface area (Å²) in [5.74, 6) is 1.44. The zero-order chi connectivity index (χ0) is 17.4. The van der Waals surface area contributed by atoms with Crippen molar-refractivity contribution in [1.29, 1.82) is 0 Å². The van der Waals surface area contributed by atoms with Crippen LogP contribution in [0.15, 0.2) is 45.9 Å². The summed E-state index contributed by atoms with van der Waals surface area (Å²) in [5.41, 5.74) is 3.95. The number of methoxy groups -OCH3 is 1. The lowest BCUT2D eigenvalue weighted by atomic mass is 10.1. The van der Waals surface area contributed by atoms with Crippen LogP contribution in [0.25, 0.3) is 5.69 Å². The van der Waals surface area contributed by atoms with Gasteiger partial charge in [-0.2, -0.15) is 4.68 Å². The van der Waals surface area contributed by atoms with Gasteiger partial charge >= 0.3 is 0 Å². The van der Waals surface area contributed by atoms with Crippen molar-refractivity contribution >= 4 is 33.5 Å². The maximum Gasteiger partial charge on any atom is 0.153 e. The van der Waals surface area contributed by atoms with Gasteiger partial charge in [0, 0.05) is 34.1 Å². The van der Waals surface area contributed by atoms with Gasteiger partial charge in [-0.05, 0) is 41.6 Å². The maximum absolute atomic E-state index is 5.48. The van der Waals surface area contributed by atoms with E-state index in [2.05, 4.69) is 53.5 Å². The summed E-state index contributed by atoms with van der Waals surface area (Å²) >= 11 is 3.51. The van der Waals surface area contributed by atoms with Crippen molar-refractivity contribution in [2.24, 2.45) is 4.99 Å². The van der Waals surface area contributed by atoms with Crippen LogP contribution in [0, 0.1) is 6.92 Å². The van der Waals surface area contributed by atoms with Gasteiger partial charge in [0.25, 0.3) is 0 Å². The molecular weight excluding hydrogens is 384 g/mol. The Morgan fingerprint density at radius 2 is 1.96 bits per heavy atom. The molecule has 0 saturated heterocycles. The van der Waals surface area contributed by atoms with E-state index < -0.39 is 0 Å². The lowest BCUT2D eigenvalue weighted by molar-refractivity contribution is 0.414. The third-order valence-corrected chi connectivity index (χ3v) is 4.52. The average molecular weight is 399 g/mol. The lowest BCUT2D eigenvalue weighted by Gasteiger charge is -2.28. The number of fused-ring (bicyclic) bond motifs is 1. The van der Waals surface area contributed by atoms with Crippen LogP contribution in [-0.4, -0.2) is 40.2 Å². The highest BCUT2D eigenvalue weighted by atomic mass is 79.9. The number of benzene rings is 2. The van der Waals surface area contributed by atoms with E-state index in [1.165, 1.54) is 0 Å². The molecule has 0 radical (unpaired) electrons. The molecule has 3 aromatic rings. The van der Waals surface area contributed by atoms with Gasteiger partial charge in [-0.3, -0.25) is 4.99 Å². The number of rotatable bonds is 3. The summed E-state index contributed by atoms with van der Waals surface area (Å²) in [6.07, 6.45) is 1.89. The summed E-state index contributed by atoms with van der Waals surface area (Å²) in [5, 5.41) is 11.7. The van der Waals surface area contributed by atoms with Crippen molar-refractivity contribution in [1.82, 2.24) is 20.2 Å². The largest absolute Gasteiger partial charge is 0.497 e. The molecule has 2 aromatic carbocycles. The molecule has 0 N–H and O–H groups in total. The van der Waals surface area contributed by atoms with Crippen molar-refractivity contribution < 1.29 is 4.74 Å². The summed E-state index contributed by atoms with van der Waals surface area (Å²) in [6, 6.07) is 12.1. The summed E-state index contributed by atoms with van der Waals surface area (Å²) in [4.78, 5) is 6.61. The molecule has 1 aliphatic rings. The van der Waals surface area contributed by atoms with Gasteiger partial charge in [0.15, 0.2) is 5.82 Å². The molecule has 4 rings (SSSR count). The second kappa shape index (κ2) is 6.29. The molecule has 0 saturated carbocycles. The van der Waals surface area contributed by atoms with E-state index in [1.807, 2.05) is 37.4 Å². The molecule has 0 unspecified atom stereocenters. The molecule has 8 heteroatoms. The van der Waals surface area contributed by atoms with Crippen molar-refractivity contribution in [2.45, 2.75) is 6.92 Å². The molecule has 0 amide bonds. The van der Waals surface area contributed by atoms with Crippen LogP contribution in [0.2, 0.25) is 0 Å². The van der Waals surface area contributed by atoms with Crippen molar-refractivity contribution in [2.75, 3.05) is 18.7 Å². The predicted octanol–water partition coefficient (Wildman–Crippen LogP) is 3.27. The van der Waals surface area contributed by atoms with Gasteiger partial charge in [-0.25, -0.2) is 0 Å². The number of ether oxygens (including phenoxy) is 1. The molecule has 7 nitrogen and oxygen atoms in total. The zero-order valence-corrected chi connectivity index (χ0v) is 15.3. The molecule has 2 heterocycles. The third kappa shape index (κ3) is 2.89. The molecule has 0 spiro atoms. The number of nitrogens with zero attached hydrogens (tertiary/aromatic N) is 6. The molecule has 1 aromatic heterocycles. The Morgan fingerprint density at radius 1 is 1.12 bits per heavy atom. The average Bonchev–Trinajstić information content (AvgIpc) is 3.06. The van der Waals surface area contributed by atoms with E-state index in [9.17, 15) is 0 Å². The van der Waals surface area contributed by atoms with Gasteiger partial charge in [0.2, 0.25) is 0 Å². The highest BCUT2D eigenvalue weighted by Crippen LogP contribution is 2.35. The van der Waals surface area contributed by atoms with Crippen LogP contribution in [0.3, 0.4) is 0 Å². The highest BCUT2D eigenvalue weighted by Gasteiger charge is 2.18. The normalized spacial score (nSPS) is 13.0. The van der Waals surface area contributed by atoms with Gasteiger partial charge in [0.1, 0.15) is 12.4 Å². The third-order valence-electron chi connectivity index (χ3n) is 4.03. The van der Waals surface area contributed by atoms with Crippen molar-refractivity contribution in [3.63, 3.8) is 0 Å². The standard InChI is InChI=1S/C17H15BrN6O/c1-11-20-21-22-24(11)15-6-14(7-16(8-15)25-2)23-10-19-9-12-5-13(18)3-4-17(12)23/h3-9H,10H2,1-2H3. The SMILES string of the molecule is COc1cc(N2CN=Cc3cc(Br)ccc32)cc(-n2nnnc2C)c1. The molecular formula is C17H15BrN6O. The van der Waals surface area contributed by atoms with Gasteiger partial charge in [0.05, 0.1) is 18.5 Å². The first kappa shape index (κ1) is 15.8. The summed E-state index contributed by atoms with van der Waals surface area (Å²) in [7, 11) is 1.65.